The molecule has 3 N–H and O–H groups in total. The lowest BCUT2D eigenvalue weighted by atomic mass is 9.89. The Balaban J connectivity index is 1.73. The van der Waals surface area contributed by atoms with Gasteiger partial charge in [0.05, 0.1) is 29.9 Å². The number of allylic oxidation sites excluding steroid dienone is 2. The summed E-state index contributed by atoms with van der Waals surface area (Å²) in [6.45, 7) is 8.05. The molecule has 0 saturated carbocycles. The molecular formula is C22H25FN6O. The number of ether oxygens (including phenoxy) is 1. The molecule has 3 aromatic rings. The normalized spacial score (nSPS) is 18.8. The zero-order valence-electron chi connectivity index (χ0n) is 17.5. The molecule has 0 aliphatic carbocycles. The van der Waals surface area contributed by atoms with E-state index in [0.29, 0.717) is 28.7 Å². The van der Waals surface area contributed by atoms with Crippen LogP contribution in [0.1, 0.15) is 34.1 Å². The number of aromatic nitrogens is 4. The molecule has 8 heteroatoms. The fourth-order valence-corrected chi connectivity index (χ4v) is 3.82. The molecule has 0 saturated heterocycles. The zero-order valence-corrected chi connectivity index (χ0v) is 17.5. The van der Waals surface area contributed by atoms with E-state index in [2.05, 4.69) is 34.1 Å². The van der Waals surface area contributed by atoms with Gasteiger partial charge in [-0.15, -0.1) is 0 Å². The Bertz CT molecular complexity index is 1160. The molecule has 1 aliphatic rings. The predicted octanol–water partition coefficient (Wildman–Crippen LogP) is 4.34. The second kappa shape index (κ2) is 7.44. The lowest BCUT2D eigenvalue weighted by Gasteiger charge is -2.38. The van der Waals surface area contributed by atoms with Crippen molar-refractivity contribution in [3.8, 4) is 11.5 Å². The van der Waals surface area contributed by atoms with Gasteiger partial charge >= 0.3 is 0 Å². The molecule has 4 rings (SSSR count). The molecule has 0 spiro atoms. The van der Waals surface area contributed by atoms with Crippen LogP contribution in [0.2, 0.25) is 0 Å². The van der Waals surface area contributed by atoms with Crippen LogP contribution in [-0.2, 0) is 4.74 Å². The third-order valence-corrected chi connectivity index (χ3v) is 5.08. The molecular weight excluding hydrogens is 383 g/mol. The molecule has 0 aromatic carbocycles. The number of fused-ring (bicyclic) bond motifs is 1. The summed E-state index contributed by atoms with van der Waals surface area (Å²) in [5.41, 5.74) is 8.54. The van der Waals surface area contributed by atoms with Crippen LogP contribution < -0.4 is 11.1 Å². The summed E-state index contributed by atoms with van der Waals surface area (Å²) < 4.78 is 21.4. The van der Waals surface area contributed by atoms with E-state index < -0.39 is 0 Å². The van der Waals surface area contributed by atoms with Crippen molar-refractivity contribution < 1.29 is 9.13 Å². The van der Waals surface area contributed by atoms with Crippen molar-refractivity contribution in [1.82, 2.24) is 19.4 Å². The summed E-state index contributed by atoms with van der Waals surface area (Å²) >= 11 is 0. The van der Waals surface area contributed by atoms with Crippen molar-refractivity contribution in [3.63, 3.8) is 0 Å². The first-order valence-corrected chi connectivity index (χ1v) is 9.82. The fourth-order valence-electron chi connectivity index (χ4n) is 3.82. The Morgan fingerprint density at radius 3 is 2.87 bits per heavy atom. The number of hydrogen-bond donors (Lipinski definition) is 2. The minimum atomic E-state index is -0.364. The standard InChI is InChI=1S/C22H25FN6O/c1-5-6-15-13(2)30-22(3,4)9-17(15)27-20-16(24)10-26-21(28-20)18-11-25-19-8-7-14(23)12-29(18)19/h5-8,10-12,17H,9,24H2,1-4H3,(H,26,27,28). The number of halogens is 1. The van der Waals surface area contributed by atoms with E-state index in [4.69, 9.17) is 10.5 Å². The van der Waals surface area contributed by atoms with Crippen LogP contribution in [0.15, 0.2) is 54.2 Å². The van der Waals surface area contributed by atoms with E-state index in [1.807, 2.05) is 26.0 Å². The Morgan fingerprint density at radius 2 is 2.10 bits per heavy atom. The molecule has 156 valence electrons. The van der Waals surface area contributed by atoms with Gasteiger partial charge < -0.3 is 15.8 Å². The quantitative estimate of drug-likeness (QED) is 0.667. The van der Waals surface area contributed by atoms with Crippen LogP contribution in [0, 0.1) is 5.82 Å². The molecule has 4 heterocycles. The number of rotatable bonds is 4. The van der Waals surface area contributed by atoms with Gasteiger partial charge in [0.2, 0.25) is 0 Å². The summed E-state index contributed by atoms with van der Waals surface area (Å²) in [5, 5.41) is 3.46. The maximum atomic E-state index is 13.7. The van der Waals surface area contributed by atoms with Crippen molar-refractivity contribution in [2.45, 2.75) is 45.8 Å². The number of nitrogens with two attached hydrogens (primary N) is 1. The van der Waals surface area contributed by atoms with Gasteiger partial charge in [-0.2, -0.15) is 0 Å². The molecule has 1 unspecified atom stereocenters. The van der Waals surface area contributed by atoms with Crippen LogP contribution >= 0.6 is 0 Å². The number of imidazole rings is 1. The second-order valence-corrected chi connectivity index (χ2v) is 7.99. The molecule has 1 aliphatic heterocycles. The number of nitrogens with zero attached hydrogens (tertiary/aromatic N) is 4. The van der Waals surface area contributed by atoms with E-state index in [0.717, 1.165) is 17.8 Å². The maximum Gasteiger partial charge on any atom is 0.180 e. The van der Waals surface area contributed by atoms with E-state index >= 15 is 0 Å². The molecule has 30 heavy (non-hydrogen) atoms. The average molecular weight is 408 g/mol. The molecule has 0 fully saturated rings. The van der Waals surface area contributed by atoms with Gasteiger partial charge in [-0.1, -0.05) is 12.2 Å². The smallest absolute Gasteiger partial charge is 0.180 e. The monoisotopic (exact) mass is 408 g/mol. The number of pyridine rings is 1. The van der Waals surface area contributed by atoms with Crippen molar-refractivity contribution in [2.24, 2.45) is 0 Å². The molecule has 0 bridgehead atoms. The topological polar surface area (TPSA) is 90.4 Å². The minimum Gasteiger partial charge on any atom is -0.492 e. The Labute approximate surface area is 174 Å². The number of nitrogens with one attached hydrogen (secondary N) is 1. The SMILES string of the molecule is CC=CC1=C(C)OC(C)(C)CC1Nc1nc(-c2cnc3ccc(F)cn23)ncc1N. The van der Waals surface area contributed by atoms with Crippen molar-refractivity contribution in [3.05, 3.63) is 60.0 Å². The van der Waals surface area contributed by atoms with Gasteiger partial charge in [0.1, 0.15) is 22.8 Å². The number of anilines is 2. The molecule has 1 atom stereocenters. The third kappa shape index (κ3) is 3.72. The van der Waals surface area contributed by atoms with Crippen LogP contribution in [-0.4, -0.2) is 31.0 Å². The molecule has 3 aromatic heterocycles. The van der Waals surface area contributed by atoms with E-state index in [9.17, 15) is 4.39 Å². The highest BCUT2D eigenvalue weighted by molar-refractivity contribution is 5.66. The van der Waals surface area contributed by atoms with Gasteiger partial charge in [0.25, 0.3) is 0 Å². The third-order valence-electron chi connectivity index (χ3n) is 5.08. The first kappa shape index (κ1) is 19.9. The summed E-state index contributed by atoms with van der Waals surface area (Å²) in [5.74, 6) is 1.43. The van der Waals surface area contributed by atoms with E-state index in [-0.39, 0.29) is 17.5 Å². The number of nitrogen functional groups attached to an aromatic ring is 1. The van der Waals surface area contributed by atoms with Crippen molar-refractivity contribution in [1.29, 1.82) is 0 Å². The van der Waals surface area contributed by atoms with Crippen LogP contribution in [0.5, 0.6) is 0 Å². The van der Waals surface area contributed by atoms with Gasteiger partial charge in [0, 0.05) is 18.2 Å². The average Bonchev–Trinajstić information content (AvgIpc) is 3.08. The Hall–Kier alpha value is -3.42. The summed E-state index contributed by atoms with van der Waals surface area (Å²) in [4.78, 5) is 13.3. The summed E-state index contributed by atoms with van der Waals surface area (Å²) in [6.07, 6.45) is 9.30. The Morgan fingerprint density at radius 1 is 1.30 bits per heavy atom. The first-order valence-electron chi connectivity index (χ1n) is 9.82. The molecule has 0 radical (unpaired) electrons. The second-order valence-electron chi connectivity index (χ2n) is 7.99. The zero-order chi connectivity index (χ0) is 21.5. The molecule has 7 nitrogen and oxygen atoms in total. The van der Waals surface area contributed by atoms with Crippen LogP contribution in [0.4, 0.5) is 15.9 Å². The van der Waals surface area contributed by atoms with Crippen LogP contribution in [0.3, 0.4) is 0 Å². The largest absolute Gasteiger partial charge is 0.492 e. The lowest BCUT2D eigenvalue weighted by molar-refractivity contribution is 0.0118. The highest BCUT2D eigenvalue weighted by atomic mass is 19.1. The van der Waals surface area contributed by atoms with Crippen molar-refractivity contribution >= 4 is 17.2 Å². The minimum absolute atomic E-state index is 0.0328. The highest BCUT2D eigenvalue weighted by Crippen LogP contribution is 2.34. The van der Waals surface area contributed by atoms with Gasteiger partial charge in [-0.05, 0) is 39.8 Å². The van der Waals surface area contributed by atoms with Crippen molar-refractivity contribution in [2.75, 3.05) is 11.1 Å². The highest BCUT2D eigenvalue weighted by Gasteiger charge is 2.33. The fraction of sp³-hybridized carbons (Fsp3) is 0.318. The van der Waals surface area contributed by atoms with Gasteiger partial charge in [0.15, 0.2) is 11.6 Å². The predicted molar refractivity (Wildman–Crippen MR) is 115 cm³/mol. The lowest BCUT2D eigenvalue weighted by Crippen LogP contribution is -2.39. The van der Waals surface area contributed by atoms with Gasteiger partial charge in [-0.3, -0.25) is 4.40 Å². The summed E-state index contributed by atoms with van der Waals surface area (Å²) in [6, 6.07) is 2.94. The summed E-state index contributed by atoms with van der Waals surface area (Å²) in [7, 11) is 0. The van der Waals surface area contributed by atoms with Crippen LogP contribution in [0.25, 0.3) is 17.2 Å². The maximum absolute atomic E-state index is 13.7. The molecule has 0 amide bonds. The first-order chi connectivity index (χ1) is 14.3. The Kier molecular flexibility index (Phi) is 4.93. The van der Waals surface area contributed by atoms with E-state index in [1.54, 1.807) is 22.9 Å². The van der Waals surface area contributed by atoms with Gasteiger partial charge in [-0.25, -0.2) is 19.3 Å². The number of hydrogen-bond acceptors (Lipinski definition) is 6. The van der Waals surface area contributed by atoms with E-state index in [1.165, 1.54) is 12.3 Å².